The van der Waals surface area contributed by atoms with Gasteiger partial charge in [-0.3, -0.25) is 0 Å². The minimum Gasteiger partial charge on any atom is -0.390 e. The molecule has 2 aromatic rings. The average molecular weight is 256 g/mol. The Morgan fingerprint density at radius 2 is 1.94 bits per heavy atom. The molecule has 1 atom stereocenters. The zero-order chi connectivity index (χ0) is 10.9. The maximum Gasteiger partial charge on any atom is 2.00 e. The molecule has 2 rings (SSSR count). The number of hydrogen-bond donors (Lipinski definition) is 1. The fourth-order valence-corrected chi connectivity index (χ4v) is 1.23. The molecule has 0 aliphatic carbocycles. The Hall–Kier alpha value is -1.08. The van der Waals surface area contributed by atoms with Crippen LogP contribution < -0.4 is 0 Å². The molecule has 1 unspecified atom stereocenters. The van der Waals surface area contributed by atoms with E-state index in [9.17, 15) is 5.11 Å². The van der Waals surface area contributed by atoms with Crippen molar-refractivity contribution in [3.63, 3.8) is 0 Å². The number of aliphatic hydroxyl groups is 1. The summed E-state index contributed by atoms with van der Waals surface area (Å²) in [5.74, 6) is 0. The van der Waals surface area contributed by atoms with Crippen LogP contribution in [0.15, 0.2) is 67.3 Å². The molecule has 1 nitrogen and oxygen atoms in total. The Kier molecular flexibility index (Phi) is 8.55. The summed E-state index contributed by atoms with van der Waals surface area (Å²) in [5.41, 5.74) is 0.972. The minimum atomic E-state index is -0.368. The van der Waals surface area contributed by atoms with Crippen LogP contribution in [0.3, 0.4) is 0 Å². The van der Waals surface area contributed by atoms with Crippen LogP contribution in [0.1, 0.15) is 18.1 Å². The molecular weight excluding hydrogens is 240 g/mol. The van der Waals surface area contributed by atoms with E-state index < -0.39 is 0 Å². The topological polar surface area (TPSA) is 20.2 Å². The van der Waals surface area contributed by atoms with Gasteiger partial charge in [0.1, 0.15) is 0 Å². The van der Waals surface area contributed by atoms with Gasteiger partial charge in [-0.1, -0.05) is 6.08 Å². The van der Waals surface area contributed by atoms with Crippen molar-refractivity contribution in [3.8, 4) is 0 Å². The van der Waals surface area contributed by atoms with E-state index in [0.717, 1.165) is 5.56 Å². The van der Waals surface area contributed by atoms with Crippen LogP contribution in [0.5, 0.6) is 0 Å². The van der Waals surface area contributed by atoms with Gasteiger partial charge in [0.15, 0.2) is 0 Å². The summed E-state index contributed by atoms with van der Waals surface area (Å²) in [6, 6.07) is 17.7. The Balaban J connectivity index is 0.000000318. The second-order valence-electron chi connectivity index (χ2n) is 3.22. The Bertz CT molecular complexity index is 317. The average Bonchev–Trinajstić information content (AvgIpc) is 2.95. The van der Waals surface area contributed by atoms with E-state index in [1.807, 2.05) is 54.6 Å². The van der Waals surface area contributed by atoms with Gasteiger partial charge in [0.2, 0.25) is 0 Å². The van der Waals surface area contributed by atoms with Crippen molar-refractivity contribution in [2.24, 2.45) is 0 Å². The van der Waals surface area contributed by atoms with Crippen LogP contribution in [0.25, 0.3) is 0 Å². The Morgan fingerprint density at radius 1 is 1.25 bits per heavy atom. The molecule has 0 bridgehead atoms. The van der Waals surface area contributed by atoms with Gasteiger partial charge < -0.3 is 5.11 Å². The van der Waals surface area contributed by atoms with Crippen LogP contribution in [0.2, 0.25) is 0 Å². The van der Waals surface area contributed by atoms with Gasteiger partial charge in [-0.05, 0) is 6.42 Å². The molecule has 0 aromatic heterocycles. The molecule has 86 valence electrons. The Labute approximate surface area is 108 Å². The van der Waals surface area contributed by atoms with E-state index in [0.29, 0.717) is 6.42 Å². The van der Waals surface area contributed by atoms with Gasteiger partial charge >= 0.3 is 17.1 Å². The second kappa shape index (κ2) is 9.17. The first-order chi connectivity index (χ1) is 7.34. The maximum atomic E-state index is 9.34. The van der Waals surface area contributed by atoms with Crippen LogP contribution in [0.4, 0.5) is 0 Å². The van der Waals surface area contributed by atoms with Gasteiger partial charge in [0.05, 0.1) is 6.10 Å². The van der Waals surface area contributed by atoms with Crippen LogP contribution in [-0.2, 0) is 17.1 Å². The summed E-state index contributed by atoms with van der Waals surface area (Å²) in [7, 11) is 0. The quantitative estimate of drug-likeness (QED) is 0.507. The minimum absolute atomic E-state index is 0. The molecule has 0 aliphatic rings. The SMILES string of the molecule is C=CCC(O)c1ccc[cH-]1.[Fe+2].c1cc[cH-]c1. The molecule has 2 heteroatoms. The standard InChI is InChI=1S/C9H11O.C5H5.Fe/c1-2-5-9(10)8-6-3-4-7-8;1-2-4-5-3-1;/h2-4,6-7,9-10H,1,5H2;1-5H;/q2*-1;+2. The molecule has 16 heavy (non-hydrogen) atoms. The first-order valence-corrected chi connectivity index (χ1v) is 5.02. The van der Waals surface area contributed by atoms with Gasteiger partial charge in [-0.25, -0.2) is 24.3 Å². The summed E-state index contributed by atoms with van der Waals surface area (Å²) in [6.45, 7) is 3.55. The molecule has 0 amide bonds. The molecule has 0 spiro atoms. The van der Waals surface area contributed by atoms with Crippen LogP contribution in [-0.4, -0.2) is 5.11 Å². The van der Waals surface area contributed by atoms with Gasteiger partial charge in [0, 0.05) is 0 Å². The van der Waals surface area contributed by atoms with E-state index in [4.69, 9.17) is 0 Å². The predicted molar refractivity (Wildman–Crippen MR) is 63.8 cm³/mol. The fourth-order valence-electron chi connectivity index (χ4n) is 1.23. The van der Waals surface area contributed by atoms with Crippen molar-refractivity contribution in [2.45, 2.75) is 12.5 Å². The van der Waals surface area contributed by atoms with Crippen molar-refractivity contribution in [1.82, 2.24) is 0 Å². The molecule has 0 saturated heterocycles. The van der Waals surface area contributed by atoms with Crippen molar-refractivity contribution < 1.29 is 22.2 Å². The van der Waals surface area contributed by atoms with E-state index in [-0.39, 0.29) is 23.2 Å². The largest absolute Gasteiger partial charge is 2.00 e. The summed E-state index contributed by atoms with van der Waals surface area (Å²) < 4.78 is 0. The summed E-state index contributed by atoms with van der Waals surface area (Å²) >= 11 is 0. The second-order valence-corrected chi connectivity index (χ2v) is 3.22. The smallest absolute Gasteiger partial charge is 0.390 e. The van der Waals surface area contributed by atoms with Crippen molar-refractivity contribution in [3.05, 3.63) is 72.8 Å². The summed E-state index contributed by atoms with van der Waals surface area (Å²) in [5, 5.41) is 9.34. The number of rotatable bonds is 3. The van der Waals surface area contributed by atoms with E-state index in [1.165, 1.54) is 0 Å². The monoisotopic (exact) mass is 256 g/mol. The fraction of sp³-hybridized carbons (Fsp3) is 0.143. The van der Waals surface area contributed by atoms with Gasteiger partial charge in [-0.2, -0.15) is 30.3 Å². The van der Waals surface area contributed by atoms with Crippen molar-refractivity contribution >= 4 is 0 Å². The zero-order valence-electron chi connectivity index (χ0n) is 9.07. The molecule has 0 fully saturated rings. The van der Waals surface area contributed by atoms with Crippen molar-refractivity contribution in [1.29, 1.82) is 0 Å². The van der Waals surface area contributed by atoms with Gasteiger partial charge in [0.25, 0.3) is 0 Å². The molecule has 2 aromatic carbocycles. The Morgan fingerprint density at radius 3 is 2.31 bits per heavy atom. The van der Waals surface area contributed by atoms with Crippen LogP contribution >= 0.6 is 0 Å². The first kappa shape index (κ1) is 14.9. The third kappa shape index (κ3) is 5.72. The van der Waals surface area contributed by atoms with E-state index >= 15 is 0 Å². The first-order valence-electron chi connectivity index (χ1n) is 5.02. The summed E-state index contributed by atoms with van der Waals surface area (Å²) in [6.07, 6.45) is 1.98. The van der Waals surface area contributed by atoms with E-state index in [1.54, 1.807) is 6.08 Å². The normalized spacial score (nSPS) is 10.6. The molecular formula is C14H16FeO. The maximum absolute atomic E-state index is 9.34. The molecule has 1 N–H and O–H groups in total. The number of aliphatic hydroxyl groups excluding tert-OH is 1. The number of hydrogen-bond acceptors (Lipinski definition) is 1. The predicted octanol–water partition coefficient (Wildman–Crippen LogP) is 3.42. The molecule has 0 heterocycles. The summed E-state index contributed by atoms with van der Waals surface area (Å²) in [4.78, 5) is 0. The van der Waals surface area contributed by atoms with Gasteiger partial charge in [-0.15, -0.1) is 12.1 Å². The van der Waals surface area contributed by atoms with Crippen LogP contribution in [0, 0.1) is 0 Å². The molecule has 0 saturated carbocycles. The van der Waals surface area contributed by atoms with E-state index in [2.05, 4.69) is 6.58 Å². The zero-order valence-corrected chi connectivity index (χ0v) is 10.2. The molecule has 0 aliphatic heterocycles. The third-order valence-corrected chi connectivity index (χ3v) is 2.02. The van der Waals surface area contributed by atoms with Crippen molar-refractivity contribution in [2.75, 3.05) is 0 Å². The third-order valence-electron chi connectivity index (χ3n) is 2.02. The molecule has 0 radical (unpaired) electrons.